The molecule has 0 aromatic heterocycles. The molecule has 3 atom stereocenters. The molecule has 2 fully saturated rings. The van der Waals surface area contributed by atoms with Crippen LogP contribution in [0.15, 0.2) is 30.3 Å². The molecule has 1 aromatic carbocycles. The fourth-order valence-corrected chi connectivity index (χ4v) is 3.93. The van der Waals surface area contributed by atoms with Gasteiger partial charge in [-0.3, -0.25) is 9.80 Å². The van der Waals surface area contributed by atoms with Crippen molar-refractivity contribution in [2.45, 2.75) is 39.0 Å². The Bertz CT molecular complexity index is 641. The highest BCUT2D eigenvalue weighted by molar-refractivity contribution is 5.81. The molecule has 1 aromatic rings. The van der Waals surface area contributed by atoms with Crippen LogP contribution in [0.25, 0.3) is 0 Å². The van der Waals surface area contributed by atoms with Crippen molar-refractivity contribution >= 4 is 12.1 Å². The van der Waals surface area contributed by atoms with Crippen LogP contribution in [-0.2, 0) is 16.1 Å². The van der Waals surface area contributed by atoms with Crippen molar-refractivity contribution in [3.05, 3.63) is 35.9 Å². The van der Waals surface area contributed by atoms with Gasteiger partial charge in [0.1, 0.15) is 11.6 Å². The third kappa shape index (κ3) is 3.95. The molecular weight excluding hydrogens is 320 g/mol. The van der Waals surface area contributed by atoms with E-state index in [1.807, 2.05) is 18.2 Å². The van der Waals surface area contributed by atoms with Gasteiger partial charge in [0, 0.05) is 32.1 Å². The molecule has 2 heterocycles. The molecule has 1 amide bonds. The molecule has 0 bridgehead atoms. The summed E-state index contributed by atoms with van der Waals surface area (Å²) in [4.78, 5) is 27.9. The highest BCUT2D eigenvalue weighted by Crippen LogP contribution is 2.37. The second-order valence-corrected chi connectivity index (χ2v) is 8.02. The van der Waals surface area contributed by atoms with Crippen LogP contribution in [0.5, 0.6) is 0 Å². The molecule has 6 heteroatoms. The number of fused-ring (bicyclic) bond motifs is 1. The maximum atomic E-state index is 12.4. The van der Waals surface area contributed by atoms with E-state index in [1.54, 1.807) is 20.8 Å². The van der Waals surface area contributed by atoms with Crippen molar-refractivity contribution in [3.8, 4) is 0 Å². The molecule has 25 heavy (non-hydrogen) atoms. The summed E-state index contributed by atoms with van der Waals surface area (Å²) in [5.74, 6) is -0.814. The highest BCUT2D eigenvalue weighted by atomic mass is 16.6. The van der Waals surface area contributed by atoms with Gasteiger partial charge in [0.05, 0.1) is 0 Å². The Morgan fingerprint density at radius 2 is 1.84 bits per heavy atom. The first-order chi connectivity index (χ1) is 11.7. The molecular formula is C19H26N2O4. The van der Waals surface area contributed by atoms with E-state index in [9.17, 15) is 14.7 Å². The lowest BCUT2D eigenvalue weighted by Gasteiger charge is -2.29. The minimum absolute atomic E-state index is 0.0475. The molecule has 136 valence electrons. The number of likely N-dealkylation sites (tertiary alicyclic amines) is 2. The van der Waals surface area contributed by atoms with Crippen molar-refractivity contribution in [2.24, 2.45) is 11.8 Å². The number of rotatable bonds is 3. The summed E-state index contributed by atoms with van der Waals surface area (Å²) in [6, 6.07) is 9.36. The van der Waals surface area contributed by atoms with E-state index in [1.165, 1.54) is 10.5 Å². The zero-order valence-electron chi connectivity index (χ0n) is 15.0. The quantitative estimate of drug-likeness (QED) is 0.910. The summed E-state index contributed by atoms with van der Waals surface area (Å²) in [5.41, 5.74) is 0.593. The zero-order chi connectivity index (χ0) is 18.2. The van der Waals surface area contributed by atoms with Gasteiger partial charge in [-0.15, -0.1) is 0 Å². The summed E-state index contributed by atoms with van der Waals surface area (Å²) in [5, 5.41) is 9.69. The summed E-state index contributed by atoms with van der Waals surface area (Å²) in [6.07, 6.45) is -0.524. The van der Waals surface area contributed by atoms with Crippen LogP contribution in [0.2, 0.25) is 0 Å². The standard InChI is InChI=1S/C19H26N2O4/c1-19(2,3)25-18(24)21-11-14-10-20(9-13-7-5-4-6-8-13)12-15(14)16(21)17(22)23/h4-8,14-16H,9-12H2,1-3H3,(H,22,23). The first-order valence-electron chi connectivity index (χ1n) is 8.73. The van der Waals surface area contributed by atoms with Crippen molar-refractivity contribution in [1.82, 2.24) is 9.80 Å². The average molecular weight is 346 g/mol. The van der Waals surface area contributed by atoms with Gasteiger partial charge in [0.25, 0.3) is 0 Å². The Kier molecular flexibility index (Phi) is 4.73. The van der Waals surface area contributed by atoms with Crippen LogP contribution in [0.3, 0.4) is 0 Å². The number of benzene rings is 1. The van der Waals surface area contributed by atoms with Gasteiger partial charge in [-0.2, -0.15) is 0 Å². The normalized spacial score (nSPS) is 26.5. The summed E-state index contributed by atoms with van der Waals surface area (Å²) in [6.45, 7) is 8.13. The fraction of sp³-hybridized carbons (Fsp3) is 0.579. The molecule has 6 nitrogen and oxygen atoms in total. The van der Waals surface area contributed by atoms with Crippen LogP contribution in [0.1, 0.15) is 26.3 Å². The predicted octanol–water partition coefficient (Wildman–Crippen LogP) is 2.44. The monoisotopic (exact) mass is 346 g/mol. The predicted molar refractivity (Wildman–Crippen MR) is 93.1 cm³/mol. The lowest BCUT2D eigenvalue weighted by atomic mass is 9.94. The Morgan fingerprint density at radius 1 is 1.16 bits per heavy atom. The highest BCUT2D eigenvalue weighted by Gasteiger charge is 2.52. The lowest BCUT2D eigenvalue weighted by molar-refractivity contribution is -0.143. The topological polar surface area (TPSA) is 70.1 Å². The van der Waals surface area contributed by atoms with Crippen molar-refractivity contribution in [1.29, 1.82) is 0 Å². The van der Waals surface area contributed by atoms with E-state index < -0.39 is 23.7 Å². The van der Waals surface area contributed by atoms with Gasteiger partial charge in [-0.25, -0.2) is 9.59 Å². The minimum Gasteiger partial charge on any atom is -0.480 e. The molecule has 2 aliphatic heterocycles. The molecule has 3 unspecified atom stereocenters. The Balaban J connectivity index is 1.68. The van der Waals surface area contributed by atoms with E-state index in [0.717, 1.165) is 13.1 Å². The maximum absolute atomic E-state index is 12.4. The Labute approximate surface area is 148 Å². The maximum Gasteiger partial charge on any atom is 0.411 e. The number of hydrogen-bond acceptors (Lipinski definition) is 4. The second kappa shape index (κ2) is 6.67. The van der Waals surface area contributed by atoms with Gasteiger partial charge < -0.3 is 9.84 Å². The van der Waals surface area contributed by atoms with Crippen LogP contribution in [0.4, 0.5) is 4.79 Å². The minimum atomic E-state index is -0.945. The number of carboxylic acids is 1. The molecule has 0 saturated carbocycles. The van der Waals surface area contributed by atoms with Gasteiger partial charge in [0.2, 0.25) is 0 Å². The van der Waals surface area contributed by atoms with Gasteiger partial charge >= 0.3 is 12.1 Å². The molecule has 2 aliphatic rings. The molecule has 2 saturated heterocycles. The number of ether oxygens (including phenoxy) is 1. The van der Waals surface area contributed by atoms with Crippen LogP contribution < -0.4 is 0 Å². The van der Waals surface area contributed by atoms with E-state index in [4.69, 9.17) is 4.74 Å². The third-order valence-corrected chi connectivity index (χ3v) is 4.87. The first kappa shape index (κ1) is 17.7. The van der Waals surface area contributed by atoms with Gasteiger partial charge in [-0.1, -0.05) is 30.3 Å². The smallest absolute Gasteiger partial charge is 0.411 e. The van der Waals surface area contributed by atoms with E-state index in [-0.39, 0.29) is 11.8 Å². The van der Waals surface area contributed by atoms with Crippen LogP contribution >= 0.6 is 0 Å². The number of carbonyl (C=O) groups is 2. The zero-order valence-corrected chi connectivity index (χ0v) is 15.0. The lowest BCUT2D eigenvalue weighted by Crippen LogP contribution is -2.47. The van der Waals surface area contributed by atoms with Crippen LogP contribution in [-0.4, -0.2) is 58.2 Å². The van der Waals surface area contributed by atoms with Crippen molar-refractivity contribution < 1.29 is 19.4 Å². The van der Waals surface area contributed by atoms with E-state index in [2.05, 4.69) is 17.0 Å². The van der Waals surface area contributed by atoms with Crippen molar-refractivity contribution in [3.63, 3.8) is 0 Å². The number of amides is 1. The number of aliphatic carboxylic acids is 1. The first-order valence-corrected chi connectivity index (χ1v) is 8.73. The summed E-state index contributed by atoms with van der Waals surface area (Å²) >= 11 is 0. The molecule has 3 rings (SSSR count). The third-order valence-electron chi connectivity index (χ3n) is 4.87. The summed E-state index contributed by atoms with van der Waals surface area (Å²) in [7, 11) is 0. The summed E-state index contributed by atoms with van der Waals surface area (Å²) < 4.78 is 5.40. The van der Waals surface area contributed by atoms with Gasteiger partial charge in [0.15, 0.2) is 0 Å². The van der Waals surface area contributed by atoms with E-state index >= 15 is 0 Å². The largest absolute Gasteiger partial charge is 0.480 e. The number of carbonyl (C=O) groups excluding carboxylic acids is 1. The molecule has 0 aliphatic carbocycles. The molecule has 0 spiro atoms. The fourth-order valence-electron chi connectivity index (χ4n) is 3.93. The molecule has 0 radical (unpaired) electrons. The van der Waals surface area contributed by atoms with E-state index in [0.29, 0.717) is 13.1 Å². The van der Waals surface area contributed by atoms with Crippen LogP contribution in [0, 0.1) is 11.8 Å². The Hall–Kier alpha value is -2.08. The SMILES string of the molecule is CC(C)(C)OC(=O)N1CC2CN(Cc3ccccc3)CC2C1C(=O)O. The number of carboxylic acid groups (broad SMARTS) is 1. The number of nitrogens with zero attached hydrogens (tertiary/aromatic N) is 2. The average Bonchev–Trinajstić information content (AvgIpc) is 3.03. The van der Waals surface area contributed by atoms with Crippen molar-refractivity contribution in [2.75, 3.05) is 19.6 Å². The Morgan fingerprint density at radius 3 is 2.44 bits per heavy atom. The number of hydrogen-bond donors (Lipinski definition) is 1. The van der Waals surface area contributed by atoms with Gasteiger partial charge in [-0.05, 0) is 32.3 Å². The second-order valence-electron chi connectivity index (χ2n) is 8.02. The molecule has 1 N–H and O–H groups in total.